The average molecular weight is 211 g/mol. The van der Waals surface area contributed by atoms with Crippen LogP contribution < -0.4 is 5.32 Å². The Kier molecular flexibility index (Phi) is 5.13. The van der Waals surface area contributed by atoms with Crippen LogP contribution in [0.5, 0.6) is 0 Å². The van der Waals surface area contributed by atoms with E-state index in [2.05, 4.69) is 26.1 Å². The zero-order valence-electron chi connectivity index (χ0n) is 10.3. The fraction of sp³-hybridized carbons (Fsp3) is 0.923. The normalized spacial score (nSPS) is 33.4. The molecule has 1 N–H and O–H groups in total. The van der Waals surface area contributed by atoms with Crippen molar-refractivity contribution in [1.82, 2.24) is 5.32 Å². The van der Waals surface area contributed by atoms with Gasteiger partial charge in [0.2, 0.25) is 6.41 Å². The van der Waals surface area contributed by atoms with Gasteiger partial charge in [0.1, 0.15) is 0 Å². The quantitative estimate of drug-likeness (QED) is 0.696. The summed E-state index contributed by atoms with van der Waals surface area (Å²) in [6.45, 7) is 6.90. The summed E-state index contributed by atoms with van der Waals surface area (Å²) in [7, 11) is 0. The van der Waals surface area contributed by atoms with Crippen molar-refractivity contribution in [3.8, 4) is 0 Å². The molecule has 0 spiro atoms. The Morgan fingerprint density at radius 1 is 1.47 bits per heavy atom. The maximum absolute atomic E-state index is 10.5. The van der Waals surface area contributed by atoms with Crippen LogP contribution in [-0.4, -0.2) is 12.5 Å². The van der Waals surface area contributed by atoms with Crippen molar-refractivity contribution in [2.45, 2.75) is 58.9 Å². The molecule has 0 bridgehead atoms. The number of rotatable bonds is 5. The first-order valence-corrected chi connectivity index (χ1v) is 6.37. The van der Waals surface area contributed by atoms with Crippen LogP contribution in [0.3, 0.4) is 0 Å². The fourth-order valence-corrected chi connectivity index (χ4v) is 2.75. The summed E-state index contributed by atoms with van der Waals surface area (Å²) in [5.74, 6) is 2.33. The molecule has 4 atom stereocenters. The number of carbonyl (C=O) groups excluding carboxylic acids is 1. The minimum absolute atomic E-state index is 0.438. The second kappa shape index (κ2) is 6.14. The third kappa shape index (κ3) is 3.84. The number of amides is 1. The van der Waals surface area contributed by atoms with Gasteiger partial charge in [-0.3, -0.25) is 4.79 Å². The fourth-order valence-electron chi connectivity index (χ4n) is 2.75. The molecule has 0 aromatic carbocycles. The highest BCUT2D eigenvalue weighted by molar-refractivity contribution is 5.46. The van der Waals surface area contributed by atoms with Gasteiger partial charge in [0, 0.05) is 6.04 Å². The lowest BCUT2D eigenvalue weighted by Gasteiger charge is -2.35. The third-order valence-electron chi connectivity index (χ3n) is 3.93. The molecule has 1 saturated carbocycles. The Morgan fingerprint density at radius 3 is 2.80 bits per heavy atom. The Labute approximate surface area is 93.8 Å². The van der Waals surface area contributed by atoms with E-state index in [1.54, 1.807) is 0 Å². The summed E-state index contributed by atoms with van der Waals surface area (Å²) < 4.78 is 0. The van der Waals surface area contributed by atoms with E-state index in [1.165, 1.54) is 32.1 Å². The van der Waals surface area contributed by atoms with Gasteiger partial charge in [-0.1, -0.05) is 27.2 Å². The van der Waals surface area contributed by atoms with E-state index >= 15 is 0 Å². The molecule has 1 rings (SSSR count). The summed E-state index contributed by atoms with van der Waals surface area (Å²) in [4.78, 5) is 10.5. The molecule has 0 heterocycles. The molecule has 0 aromatic rings. The molecule has 2 nitrogen and oxygen atoms in total. The van der Waals surface area contributed by atoms with E-state index in [0.717, 1.165) is 18.2 Å². The van der Waals surface area contributed by atoms with Crippen LogP contribution in [0.4, 0.5) is 0 Å². The number of nitrogens with one attached hydrogen (secondary N) is 1. The Bertz CT molecular complexity index is 193. The Morgan fingerprint density at radius 2 is 2.20 bits per heavy atom. The van der Waals surface area contributed by atoms with Crippen LogP contribution in [-0.2, 0) is 4.79 Å². The van der Waals surface area contributed by atoms with Crippen LogP contribution in [0, 0.1) is 17.8 Å². The van der Waals surface area contributed by atoms with E-state index in [9.17, 15) is 4.79 Å². The Hall–Kier alpha value is -0.530. The lowest BCUT2D eigenvalue weighted by Crippen LogP contribution is -2.40. The predicted molar refractivity (Wildman–Crippen MR) is 63.6 cm³/mol. The summed E-state index contributed by atoms with van der Waals surface area (Å²) in [5, 5.41) is 3.00. The third-order valence-corrected chi connectivity index (χ3v) is 3.93. The van der Waals surface area contributed by atoms with Gasteiger partial charge in [0.25, 0.3) is 0 Å². The van der Waals surface area contributed by atoms with E-state index in [1.807, 2.05) is 0 Å². The summed E-state index contributed by atoms with van der Waals surface area (Å²) in [6, 6.07) is 0.438. The summed E-state index contributed by atoms with van der Waals surface area (Å²) in [5.41, 5.74) is 0. The summed E-state index contributed by atoms with van der Waals surface area (Å²) >= 11 is 0. The topological polar surface area (TPSA) is 29.1 Å². The second-order valence-electron chi connectivity index (χ2n) is 5.32. The van der Waals surface area contributed by atoms with Gasteiger partial charge < -0.3 is 5.32 Å². The SMILES string of the molecule is CCC(C)CC1CC(C)CCC1NC=O. The molecule has 4 unspecified atom stereocenters. The molecule has 0 aromatic heterocycles. The minimum Gasteiger partial charge on any atom is -0.356 e. The van der Waals surface area contributed by atoms with Crippen molar-refractivity contribution in [3.05, 3.63) is 0 Å². The Balaban J connectivity index is 2.49. The van der Waals surface area contributed by atoms with Gasteiger partial charge in [-0.05, 0) is 43.4 Å². The van der Waals surface area contributed by atoms with Crippen molar-refractivity contribution >= 4 is 6.41 Å². The molecule has 1 aliphatic rings. The van der Waals surface area contributed by atoms with Gasteiger partial charge >= 0.3 is 0 Å². The molecule has 2 heteroatoms. The van der Waals surface area contributed by atoms with Gasteiger partial charge in [-0.2, -0.15) is 0 Å². The van der Waals surface area contributed by atoms with Crippen molar-refractivity contribution in [2.24, 2.45) is 17.8 Å². The van der Waals surface area contributed by atoms with Gasteiger partial charge in [0.05, 0.1) is 0 Å². The molecule has 15 heavy (non-hydrogen) atoms. The molecular weight excluding hydrogens is 186 g/mol. The first-order valence-electron chi connectivity index (χ1n) is 6.37. The maximum Gasteiger partial charge on any atom is 0.207 e. The smallest absolute Gasteiger partial charge is 0.207 e. The molecule has 0 saturated heterocycles. The van der Waals surface area contributed by atoms with Crippen LogP contribution in [0.25, 0.3) is 0 Å². The number of hydrogen-bond acceptors (Lipinski definition) is 1. The average Bonchev–Trinajstić information content (AvgIpc) is 2.22. The van der Waals surface area contributed by atoms with Crippen molar-refractivity contribution in [2.75, 3.05) is 0 Å². The molecule has 0 aliphatic heterocycles. The molecule has 0 radical (unpaired) electrons. The predicted octanol–water partition coefficient (Wildman–Crippen LogP) is 2.97. The van der Waals surface area contributed by atoms with E-state index < -0.39 is 0 Å². The van der Waals surface area contributed by atoms with E-state index in [0.29, 0.717) is 12.0 Å². The van der Waals surface area contributed by atoms with E-state index in [4.69, 9.17) is 0 Å². The zero-order chi connectivity index (χ0) is 11.3. The van der Waals surface area contributed by atoms with Crippen molar-refractivity contribution < 1.29 is 4.79 Å². The molecule has 88 valence electrons. The zero-order valence-corrected chi connectivity index (χ0v) is 10.3. The number of hydrogen-bond donors (Lipinski definition) is 1. The number of carbonyl (C=O) groups is 1. The van der Waals surface area contributed by atoms with Crippen molar-refractivity contribution in [1.29, 1.82) is 0 Å². The molecule has 1 aliphatic carbocycles. The minimum atomic E-state index is 0.438. The lowest BCUT2D eigenvalue weighted by atomic mass is 9.75. The lowest BCUT2D eigenvalue weighted by molar-refractivity contribution is -0.110. The van der Waals surface area contributed by atoms with Crippen LogP contribution in [0.15, 0.2) is 0 Å². The highest BCUT2D eigenvalue weighted by Gasteiger charge is 2.28. The van der Waals surface area contributed by atoms with Gasteiger partial charge in [0.15, 0.2) is 0 Å². The first kappa shape index (κ1) is 12.5. The van der Waals surface area contributed by atoms with Crippen LogP contribution in [0.2, 0.25) is 0 Å². The first-order chi connectivity index (χ1) is 7.17. The van der Waals surface area contributed by atoms with Crippen LogP contribution in [0.1, 0.15) is 52.9 Å². The standard InChI is InChI=1S/C13H25NO/c1-4-10(2)7-12-8-11(3)5-6-13(12)14-9-15/h9-13H,4-8H2,1-3H3,(H,14,15). The maximum atomic E-state index is 10.5. The summed E-state index contributed by atoms with van der Waals surface area (Å²) in [6.07, 6.45) is 7.12. The second-order valence-corrected chi connectivity index (χ2v) is 5.32. The molecule has 1 fully saturated rings. The monoisotopic (exact) mass is 211 g/mol. The largest absolute Gasteiger partial charge is 0.356 e. The highest BCUT2D eigenvalue weighted by atomic mass is 16.1. The van der Waals surface area contributed by atoms with Gasteiger partial charge in [-0.25, -0.2) is 0 Å². The molecular formula is C13H25NO. The van der Waals surface area contributed by atoms with Crippen LogP contribution >= 0.6 is 0 Å². The molecule has 1 amide bonds. The van der Waals surface area contributed by atoms with E-state index in [-0.39, 0.29) is 0 Å². The van der Waals surface area contributed by atoms with Crippen molar-refractivity contribution in [3.63, 3.8) is 0 Å². The van der Waals surface area contributed by atoms with Gasteiger partial charge in [-0.15, -0.1) is 0 Å². The highest BCUT2D eigenvalue weighted by Crippen LogP contribution is 2.33.